The van der Waals surface area contributed by atoms with Crippen LogP contribution in [0.1, 0.15) is 22.3 Å². The molecule has 0 spiro atoms. The minimum atomic E-state index is -0.295. The SMILES string of the molecule is COc1cccc(-c2coc3c(C)c4oc(=O)c(Cc5ccccc5)c(C)c4cc23)c1. The average molecular weight is 410 g/mol. The van der Waals surface area contributed by atoms with Crippen LogP contribution in [0.25, 0.3) is 33.1 Å². The molecule has 31 heavy (non-hydrogen) atoms. The van der Waals surface area contributed by atoms with Gasteiger partial charge in [-0.2, -0.15) is 0 Å². The third kappa shape index (κ3) is 3.21. The maximum absolute atomic E-state index is 12.8. The van der Waals surface area contributed by atoms with E-state index in [4.69, 9.17) is 13.6 Å². The van der Waals surface area contributed by atoms with Gasteiger partial charge in [0, 0.05) is 33.9 Å². The van der Waals surface area contributed by atoms with E-state index in [9.17, 15) is 4.79 Å². The molecule has 4 nitrogen and oxygen atoms in total. The molecule has 0 atom stereocenters. The molecule has 3 aromatic carbocycles. The van der Waals surface area contributed by atoms with Gasteiger partial charge in [0.1, 0.15) is 16.9 Å². The Hall–Kier alpha value is -3.79. The van der Waals surface area contributed by atoms with E-state index in [0.717, 1.165) is 49.9 Å². The van der Waals surface area contributed by atoms with E-state index < -0.39 is 0 Å². The molecule has 0 aliphatic carbocycles. The monoisotopic (exact) mass is 410 g/mol. The first-order valence-corrected chi connectivity index (χ1v) is 10.2. The molecule has 0 fully saturated rings. The zero-order valence-electron chi connectivity index (χ0n) is 17.7. The summed E-state index contributed by atoms with van der Waals surface area (Å²) >= 11 is 0. The summed E-state index contributed by atoms with van der Waals surface area (Å²) in [5.74, 6) is 0.789. The summed E-state index contributed by atoms with van der Waals surface area (Å²) < 4.78 is 17.1. The van der Waals surface area contributed by atoms with Crippen molar-refractivity contribution in [3.63, 3.8) is 0 Å². The fraction of sp³-hybridized carbons (Fsp3) is 0.148. The molecule has 2 heterocycles. The van der Waals surface area contributed by atoms with Crippen LogP contribution < -0.4 is 10.4 Å². The van der Waals surface area contributed by atoms with Gasteiger partial charge in [0.15, 0.2) is 0 Å². The van der Waals surface area contributed by atoms with Crippen molar-refractivity contribution in [3.05, 3.63) is 99.6 Å². The van der Waals surface area contributed by atoms with Crippen LogP contribution in [-0.2, 0) is 6.42 Å². The van der Waals surface area contributed by atoms with Crippen LogP contribution >= 0.6 is 0 Å². The lowest BCUT2D eigenvalue weighted by Crippen LogP contribution is -2.11. The third-order valence-corrected chi connectivity index (χ3v) is 5.95. The molecule has 5 rings (SSSR count). The van der Waals surface area contributed by atoms with E-state index >= 15 is 0 Å². The highest BCUT2D eigenvalue weighted by molar-refractivity contribution is 6.05. The van der Waals surface area contributed by atoms with E-state index in [1.807, 2.05) is 68.4 Å². The van der Waals surface area contributed by atoms with Crippen LogP contribution in [0.2, 0.25) is 0 Å². The highest BCUT2D eigenvalue weighted by Gasteiger charge is 2.19. The fourth-order valence-electron chi connectivity index (χ4n) is 4.21. The Morgan fingerprint density at radius 1 is 0.871 bits per heavy atom. The topological polar surface area (TPSA) is 52.6 Å². The lowest BCUT2D eigenvalue weighted by atomic mass is 9.96. The summed E-state index contributed by atoms with van der Waals surface area (Å²) in [7, 11) is 1.66. The number of ether oxygens (including phenoxy) is 1. The van der Waals surface area contributed by atoms with Crippen molar-refractivity contribution < 1.29 is 13.6 Å². The van der Waals surface area contributed by atoms with Gasteiger partial charge >= 0.3 is 5.63 Å². The Morgan fingerprint density at radius 2 is 1.68 bits per heavy atom. The summed E-state index contributed by atoms with van der Waals surface area (Å²) in [6, 6.07) is 19.9. The first kappa shape index (κ1) is 19.2. The molecule has 5 aromatic rings. The maximum Gasteiger partial charge on any atom is 0.340 e. The number of benzene rings is 3. The average Bonchev–Trinajstić information content (AvgIpc) is 3.23. The molecule has 0 aliphatic rings. The van der Waals surface area contributed by atoms with Crippen molar-refractivity contribution in [2.75, 3.05) is 7.11 Å². The highest BCUT2D eigenvalue weighted by Crippen LogP contribution is 2.38. The maximum atomic E-state index is 12.8. The largest absolute Gasteiger partial charge is 0.497 e. The second-order valence-electron chi connectivity index (χ2n) is 7.79. The van der Waals surface area contributed by atoms with Gasteiger partial charge in [-0.1, -0.05) is 42.5 Å². The Bertz CT molecular complexity index is 1470. The van der Waals surface area contributed by atoms with E-state index in [-0.39, 0.29) is 5.63 Å². The summed E-state index contributed by atoms with van der Waals surface area (Å²) in [6.07, 6.45) is 2.29. The quantitative estimate of drug-likeness (QED) is 0.321. The van der Waals surface area contributed by atoms with Crippen molar-refractivity contribution in [1.29, 1.82) is 0 Å². The predicted octanol–water partition coefficient (Wildman–Crippen LogP) is 6.42. The molecular weight excluding hydrogens is 388 g/mol. The van der Waals surface area contributed by atoms with Gasteiger partial charge in [0.25, 0.3) is 0 Å². The van der Waals surface area contributed by atoms with Gasteiger partial charge < -0.3 is 13.6 Å². The summed E-state index contributed by atoms with van der Waals surface area (Å²) in [6.45, 7) is 3.93. The third-order valence-electron chi connectivity index (χ3n) is 5.95. The number of rotatable bonds is 4. The lowest BCUT2D eigenvalue weighted by Gasteiger charge is -2.10. The van der Waals surface area contributed by atoms with Gasteiger partial charge in [0.05, 0.1) is 13.4 Å². The standard InChI is InChI=1S/C27H22O4/c1-16-21-14-23-24(19-10-7-11-20(13-19)29-3)15-30-25(23)17(2)26(21)31-27(28)22(16)12-18-8-5-4-6-9-18/h4-11,13-15H,12H2,1-3H3. The van der Waals surface area contributed by atoms with Crippen LogP contribution in [0.3, 0.4) is 0 Å². The Labute approximate surface area is 179 Å². The van der Waals surface area contributed by atoms with Gasteiger partial charge in [-0.3, -0.25) is 0 Å². The van der Waals surface area contributed by atoms with E-state index in [1.165, 1.54) is 0 Å². The van der Waals surface area contributed by atoms with Crippen molar-refractivity contribution >= 4 is 21.9 Å². The summed E-state index contributed by atoms with van der Waals surface area (Å²) in [5.41, 5.74) is 6.54. The molecule has 0 aliphatic heterocycles. The molecule has 0 amide bonds. The zero-order chi connectivity index (χ0) is 21.5. The van der Waals surface area contributed by atoms with Gasteiger partial charge in [-0.15, -0.1) is 0 Å². The highest BCUT2D eigenvalue weighted by atomic mass is 16.5. The number of fused-ring (bicyclic) bond motifs is 2. The Morgan fingerprint density at radius 3 is 2.45 bits per heavy atom. The second kappa shape index (κ2) is 7.47. The molecule has 4 heteroatoms. The molecule has 0 unspecified atom stereocenters. The van der Waals surface area contributed by atoms with E-state index in [1.54, 1.807) is 13.4 Å². The fourth-order valence-corrected chi connectivity index (χ4v) is 4.21. The minimum absolute atomic E-state index is 0.295. The molecule has 0 radical (unpaired) electrons. The van der Waals surface area contributed by atoms with Crippen LogP contribution in [0.15, 0.2) is 80.6 Å². The first-order chi connectivity index (χ1) is 15.1. The molecule has 0 bridgehead atoms. The number of hydrogen-bond acceptors (Lipinski definition) is 4. The summed E-state index contributed by atoms with van der Waals surface area (Å²) in [4.78, 5) is 12.8. The molecular formula is C27H22O4. The van der Waals surface area contributed by atoms with E-state index in [0.29, 0.717) is 17.6 Å². The Balaban J connectivity index is 1.74. The first-order valence-electron chi connectivity index (χ1n) is 10.2. The Kier molecular flexibility index (Phi) is 4.63. The molecule has 0 saturated heterocycles. The molecule has 154 valence electrons. The number of hydrogen-bond donors (Lipinski definition) is 0. The molecule has 2 aromatic heterocycles. The van der Waals surface area contributed by atoms with Crippen LogP contribution in [0, 0.1) is 13.8 Å². The second-order valence-corrected chi connectivity index (χ2v) is 7.79. The van der Waals surface area contributed by atoms with E-state index in [2.05, 4.69) is 6.07 Å². The number of furan rings is 1. The van der Waals surface area contributed by atoms with Crippen molar-refractivity contribution in [1.82, 2.24) is 0 Å². The summed E-state index contributed by atoms with van der Waals surface area (Å²) in [5, 5.41) is 1.92. The van der Waals surface area contributed by atoms with Gasteiger partial charge in [0.2, 0.25) is 0 Å². The predicted molar refractivity (Wildman–Crippen MR) is 123 cm³/mol. The van der Waals surface area contributed by atoms with Crippen LogP contribution in [0.5, 0.6) is 5.75 Å². The van der Waals surface area contributed by atoms with Gasteiger partial charge in [-0.05, 0) is 48.7 Å². The normalized spacial score (nSPS) is 11.3. The minimum Gasteiger partial charge on any atom is -0.497 e. The smallest absolute Gasteiger partial charge is 0.340 e. The number of aryl methyl sites for hydroxylation is 2. The van der Waals surface area contributed by atoms with Crippen molar-refractivity contribution in [2.24, 2.45) is 0 Å². The van der Waals surface area contributed by atoms with Crippen LogP contribution in [0.4, 0.5) is 0 Å². The molecule has 0 N–H and O–H groups in total. The van der Waals surface area contributed by atoms with Crippen LogP contribution in [-0.4, -0.2) is 7.11 Å². The lowest BCUT2D eigenvalue weighted by molar-refractivity contribution is 0.415. The van der Waals surface area contributed by atoms with Gasteiger partial charge in [-0.25, -0.2) is 4.79 Å². The zero-order valence-corrected chi connectivity index (χ0v) is 17.7. The molecule has 0 saturated carbocycles. The number of methoxy groups -OCH3 is 1. The van der Waals surface area contributed by atoms with Crippen molar-refractivity contribution in [2.45, 2.75) is 20.3 Å². The van der Waals surface area contributed by atoms with Crippen molar-refractivity contribution in [3.8, 4) is 16.9 Å².